The summed E-state index contributed by atoms with van der Waals surface area (Å²) in [6, 6.07) is 0. The second kappa shape index (κ2) is 2.18. The van der Waals surface area contributed by atoms with Crippen LogP contribution in [0.4, 0.5) is 0 Å². The third-order valence-electron chi connectivity index (χ3n) is 1.20. The van der Waals surface area contributed by atoms with Gasteiger partial charge < -0.3 is 4.43 Å². The Morgan fingerprint density at radius 1 is 1.44 bits per heavy atom. The molecule has 0 saturated heterocycles. The first-order valence-corrected chi connectivity index (χ1v) is 6.87. The molecule has 9 heavy (non-hydrogen) atoms. The zero-order valence-corrected chi connectivity index (χ0v) is 7.40. The lowest BCUT2D eigenvalue weighted by atomic mass is 10.1. The van der Waals surface area contributed by atoms with E-state index in [1.807, 2.05) is 0 Å². The quantitative estimate of drug-likeness (QED) is 0.538. The molecule has 0 spiro atoms. The predicted molar refractivity (Wildman–Crippen MR) is 41.7 cm³/mol. The summed E-state index contributed by atoms with van der Waals surface area (Å²) < 4.78 is 5.67. The third-order valence-corrected chi connectivity index (χ3v) is 2.07. The van der Waals surface area contributed by atoms with Crippen LogP contribution in [0.2, 0.25) is 19.6 Å². The van der Waals surface area contributed by atoms with Gasteiger partial charge in [0.15, 0.2) is 0 Å². The predicted octanol–water partition coefficient (Wildman–Crippen LogP) is 2.52. The first kappa shape index (κ1) is 6.87. The van der Waals surface area contributed by atoms with Crippen LogP contribution in [0.25, 0.3) is 0 Å². The van der Waals surface area contributed by atoms with Gasteiger partial charge in [-0.3, -0.25) is 0 Å². The first-order valence-electron chi connectivity index (χ1n) is 3.46. The Morgan fingerprint density at radius 2 is 2.00 bits per heavy atom. The van der Waals surface area contributed by atoms with E-state index in [9.17, 15) is 0 Å². The Bertz CT molecular complexity index is 132. The summed E-state index contributed by atoms with van der Waals surface area (Å²) in [5.74, 6) is 1.23. The van der Waals surface area contributed by atoms with Gasteiger partial charge in [-0.2, -0.15) is 0 Å². The highest BCUT2D eigenvalue weighted by atomic mass is 28.4. The van der Waals surface area contributed by atoms with Gasteiger partial charge in [-0.1, -0.05) is 0 Å². The molecule has 1 rings (SSSR count). The van der Waals surface area contributed by atoms with Crippen LogP contribution in [-0.4, -0.2) is 8.32 Å². The van der Waals surface area contributed by atoms with Gasteiger partial charge in [-0.15, -0.1) is 0 Å². The lowest BCUT2D eigenvalue weighted by molar-refractivity contribution is 0.376. The summed E-state index contributed by atoms with van der Waals surface area (Å²) >= 11 is 0. The van der Waals surface area contributed by atoms with Crippen molar-refractivity contribution < 1.29 is 4.43 Å². The van der Waals surface area contributed by atoms with Crippen LogP contribution in [0.15, 0.2) is 11.8 Å². The standard InChI is InChI=1S/C7H14OSi/c1-9(2,3)8-7-5-4-6-7/h5H,4,6H2,1-3H3. The smallest absolute Gasteiger partial charge is 0.241 e. The largest absolute Gasteiger partial charge is 0.548 e. The van der Waals surface area contributed by atoms with Crippen molar-refractivity contribution in [1.82, 2.24) is 0 Å². The van der Waals surface area contributed by atoms with Crippen LogP contribution in [0.1, 0.15) is 12.8 Å². The molecule has 0 N–H and O–H groups in total. The summed E-state index contributed by atoms with van der Waals surface area (Å²) in [4.78, 5) is 0. The summed E-state index contributed by atoms with van der Waals surface area (Å²) in [6.07, 6.45) is 4.57. The van der Waals surface area contributed by atoms with Crippen molar-refractivity contribution in [3.63, 3.8) is 0 Å². The Hall–Kier alpha value is -0.243. The molecule has 0 radical (unpaired) electrons. The average molecular weight is 142 g/mol. The van der Waals surface area contributed by atoms with E-state index in [1.54, 1.807) is 0 Å². The van der Waals surface area contributed by atoms with E-state index >= 15 is 0 Å². The molecular formula is C7H14OSi. The van der Waals surface area contributed by atoms with Crippen molar-refractivity contribution >= 4 is 8.32 Å². The van der Waals surface area contributed by atoms with Gasteiger partial charge in [0.1, 0.15) is 0 Å². The molecule has 0 aromatic rings. The second-order valence-corrected chi connectivity index (χ2v) is 7.85. The van der Waals surface area contributed by atoms with Gasteiger partial charge in [0.05, 0.1) is 5.76 Å². The second-order valence-electron chi connectivity index (χ2n) is 3.42. The molecule has 0 fully saturated rings. The van der Waals surface area contributed by atoms with Crippen molar-refractivity contribution in [2.24, 2.45) is 0 Å². The molecule has 0 amide bonds. The zero-order chi connectivity index (χ0) is 6.91. The van der Waals surface area contributed by atoms with Crippen LogP contribution >= 0.6 is 0 Å². The molecular weight excluding hydrogens is 128 g/mol. The van der Waals surface area contributed by atoms with E-state index in [0.29, 0.717) is 0 Å². The molecule has 2 heteroatoms. The zero-order valence-electron chi connectivity index (χ0n) is 6.40. The van der Waals surface area contributed by atoms with Gasteiger partial charge in [-0.25, -0.2) is 0 Å². The maximum Gasteiger partial charge on any atom is 0.241 e. The Kier molecular flexibility index (Phi) is 1.66. The topological polar surface area (TPSA) is 9.23 Å². The Labute approximate surface area is 57.9 Å². The van der Waals surface area contributed by atoms with Crippen LogP contribution in [-0.2, 0) is 4.43 Å². The first-order chi connectivity index (χ1) is 4.08. The maximum absolute atomic E-state index is 5.67. The molecule has 0 aromatic heterocycles. The Morgan fingerprint density at radius 3 is 2.11 bits per heavy atom. The lowest BCUT2D eigenvalue weighted by Gasteiger charge is -2.25. The summed E-state index contributed by atoms with van der Waals surface area (Å²) in [6.45, 7) is 6.64. The van der Waals surface area contributed by atoms with E-state index in [-0.39, 0.29) is 0 Å². The van der Waals surface area contributed by atoms with Gasteiger partial charge in [0.25, 0.3) is 0 Å². The minimum absolute atomic E-state index is 1.17. The Balaban J connectivity index is 2.33. The highest BCUT2D eigenvalue weighted by Crippen LogP contribution is 2.22. The highest BCUT2D eigenvalue weighted by molar-refractivity contribution is 6.70. The van der Waals surface area contributed by atoms with Gasteiger partial charge in [-0.05, 0) is 32.1 Å². The SMILES string of the molecule is C[Si](C)(C)OC1=CCC1. The van der Waals surface area contributed by atoms with Gasteiger partial charge >= 0.3 is 0 Å². The summed E-state index contributed by atoms with van der Waals surface area (Å²) in [5.41, 5.74) is 0. The normalized spacial score (nSPS) is 18.3. The van der Waals surface area contributed by atoms with Crippen LogP contribution in [0, 0.1) is 0 Å². The molecule has 0 unspecified atom stereocenters. The van der Waals surface area contributed by atoms with Crippen molar-refractivity contribution in [1.29, 1.82) is 0 Å². The molecule has 1 aliphatic carbocycles. The van der Waals surface area contributed by atoms with E-state index in [2.05, 4.69) is 25.7 Å². The summed E-state index contributed by atoms with van der Waals surface area (Å²) in [5, 5.41) is 0. The summed E-state index contributed by atoms with van der Waals surface area (Å²) in [7, 11) is -1.26. The van der Waals surface area contributed by atoms with E-state index in [1.165, 1.54) is 18.6 Å². The fraction of sp³-hybridized carbons (Fsp3) is 0.714. The lowest BCUT2D eigenvalue weighted by Crippen LogP contribution is -2.26. The minimum atomic E-state index is -1.26. The van der Waals surface area contributed by atoms with E-state index < -0.39 is 8.32 Å². The van der Waals surface area contributed by atoms with Gasteiger partial charge in [0.2, 0.25) is 8.32 Å². The van der Waals surface area contributed by atoms with Crippen molar-refractivity contribution in [3.8, 4) is 0 Å². The monoisotopic (exact) mass is 142 g/mol. The molecule has 0 aliphatic heterocycles. The number of rotatable bonds is 2. The van der Waals surface area contributed by atoms with Crippen molar-refractivity contribution in [3.05, 3.63) is 11.8 Å². The third kappa shape index (κ3) is 2.22. The fourth-order valence-electron chi connectivity index (χ4n) is 0.748. The molecule has 0 aromatic carbocycles. The minimum Gasteiger partial charge on any atom is -0.548 e. The number of hydrogen-bond acceptors (Lipinski definition) is 1. The number of allylic oxidation sites excluding steroid dienone is 2. The molecule has 0 heterocycles. The van der Waals surface area contributed by atoms with Gasteiger partial charge in [0, 0.05) is 6.42 Å². The molecule has 0 atom stereocenters. The fourth-order valence-corrected chi connectivity index (χ4v) is 1.72. The molecule has 1 nitrogen and oxygen atoms in total. The van der Waals surface area contributed by atoms with Crippen molar-refractivity contribution in [2.75, 3.05) is 0 Å². The van der Waals surface area contributed by atoms with Crippen molar-refractivity contribution in [2.45, 2.75) is 32.5 Å². The van der Waals surface area contributed by atoms with Crippen LogP contribution in [0.3, 0.4) is 0 Å². The average Bonchev–Trinajstić information content (AvgIpc) is 1.53. The van der Waals surface area contributed by atoms with Crippen LogP contribution in [0.5, 0.6) is 0 Å². The molecule has 0 bridgehead atoms. The van der Waals surface area contributed by atoms with E-state index in [0.717, 1.165) is 0 Å². The molecule has 52 valence electrons. The van der Waals surface area contributed by atoms with Crippen LogP contribution < -0.4 is 0 Å². The molecule has 0 saturated carbocycles. The number of hydrogen-bond donors (Lipinski definition) is 0. The highest BCUT2D eigenvalue weighted by Gasteiger charge is 2.19. The van der Waals surface area contributed by atoms with E-state index in [4.69, 9.17) is 4.43 Å². The molecule has 1 aliphatic rings. The maximum atomic E-state index is 5.67.